The number of esters is 1. The van der Waals surface area contributed by atoms with Gasteiger partial charge in [-0.05, 0) is 44.5 Å². The Labute approximate surface area is 169 Å². The molecule has 1 amide bonds. The van der Waals surface area contributed by atoms with Crippen molar-refractivity contribution in [3.05, 3.63) is 53.3 Å². The van der Waals surface area contributed by atoms with Gasteiger partial charge in [0.15, 0.2) is 0 Å². The van der Waals surface area contributed by atoms with E-state index in [4.69, 9.17) is 13.9 Å². The molecule has 0 atom stereocenters. The number of hydrogen-bond acceptors (Lipinski definition) is 6. The lowest BCUT2D eigenvalue weighted by Gasteiger charge is -2.04. The molecule has 1 N–H and O–H groups in total. The van der Waals surface area contributed by atoms with E-state index in [1.165, 1.54) is 6.08 Å². The molecule has 7 nitrogen and oxygen atoms in total. The van der Waals surface area contributed by atoms with Gasteiger partial charge < -0.3 is 19.2 Å². The molecule has 1 aromatic heterocycles. The highest BCUT2D eigenvalue weighted by molar-refractivity contribution is 6.01. The lowest BCUT2D eigenvalue weighted by Crippen LogP contribution is -2.26. The van der Waals surface area contributed by atoms with Crippen molar-refractivity contribution < 1.29 is 23.5 Å². The molecule has 0 saturated heterocycles. The Hall–Kier alpha value is -3.37. The smallest absolute Gasteiger partial charge is 0.338 e. The number of benzene rings is 1. The number of nitrogens with zero attached hydrogens (tertiary/aromatic N) is 1. The average Bonchev–Trinajstić information content (AvgIpc) is 3.20. The molecule has 7 heteroatoms. The van der Waals surface area contributed by atoms with Crippen molar-refractivity contribution in [3.63, 3.8) is 0 Å². The van der Waals surface area contributed by atoms with Crippen molar-refractivity contribution in [1.29, 1.82) is 5.26 Å². The van der Waals surface area contributed by atoms with Crippen molar-refractivity contribution in [1.82, 2.24) is 5.32 Å². The van der Waals surface area contributed by atoms with Crippen LogP contribution < -0.4 is 5.32 Å². The van der Waals surface area contributed by atoms with E-state index in [1.807, 2.05) is 13.0 Å². The molecule has 0 aliphatic carbocycles. The largest absolute Gasteiger partial charge is 0.462 e. The van der Waals surface area contributed by atoms with Gasteiger partial charge >= 0.3 is 5.97 Å². The molecule has 152 valence electrons. The molecule has 0 saturated carbocycles. The monoisotopic (exact) mass is 396 g/mol. The Morgan fingerprint density at radius 2 is 1.90 bits per heavy atom. The highest BCUT2D eigenvalue weighted by Gasteiger charge is 2.11. The van der Waals surface area contributed by atoms with Crippen LogP contribution in [-0.4, -0.2) is 38.2 Å². The number of nitriles is 1. The Balaban J connectivity index is 2.03. The highest BCUT2D eigenvalue weighted by Crippen LogP contribution is 2.24. The Morgan fingerprint density at radius 1 is 1.14 bits per heavy atom. The van der Waals surface area contributed by atoms with E-state index in [2.05, 4.69) is 5.32 Å². The molecule has 0 aliphatic heterocycles. The lowest BCUT2D eigenvalue weighted by molar-refractivity contribution is -0.117. The minimum absolute atomic E-state index is 0.0417. The second kappa shape index (κ2) is 11.5. The zero-order chi connectivity index (χ0) is 21.1. The standard InChI is InChI=1S/C22H24N2O5/c1-3-27-13-5-12-24-21(25)18(15-23)14-19-10-11-20(29-19)16-6-8-17(9-7-16)22(26)28-4-2/h6-11,14H,3-5,12-13H2,1-2H3,(H,24,25). The van der Waals surface area contributed by atoms with Gasteiger partial charge in [-0.25, -0.2) is 4.79 Å². The molecule has 0 aliphatic rings. The molecular formula is C22H24N2O5. The summed E-state index contributed by atoms with van der Waals surface area (Å²) in [6.07, 6.45) is 2.07. The van der Waals surface area contributed by atoms with Crippen LogP contribution in [0.2, 0.25) is 0 Å². The summed E-state index contributed by atoms with van der Waals surface area (Å²) in [7, 11) is 0. The Morgan fingerprint density at radius 3 is 2.55 bits per heavy atom. The van der Waals surface area contributed by atoms with E-state index >= 15 is 0 Å². The first-order valence-electron chi connectivity index (χ1n) is 9.44. The third-order valence-electron chi connectivity index (χ3n) is 3.91. The second-order valence-electron chi connectivity index (χ2n) is 5.98. The molecule has 1 aromatic carbocycles. The van der Waals surface area contributed by atoms with Crippen molar-refractivity contribution >= 4 is 18.0 Å². The molecular weight excluding hydrogens is 372 g/mol. The molecule has 29 heavy (non-hydrogen) atoms. The van der Waals surface area contributed by atoms with Gasteiger partial charge in [-0.1, -0.05) is 12.1 Å². The summed E-state index contributed by atoms with van der Waals surface area (Å²) >= 11 is 0. The van der Waals surface area contributed by atoms with Crippen molar-refractivity contribution in [2.24, 2.45) is 0 Å². The first kappa shape index (κ1) is 21.9. The van der Waals surface area contributed by atoms with Gasteiger partial charge in [-0.3, -0.25) is 4.79 Å². The summed E-state index contributed by atoms with van der Waals surface area (Å²) in [5.41, 5.74) is 1.17. The fourth-order valence-electron chi connectivity index (χ4n) is 2.48. The van der Waals surface area contributed by atoms with E-state index in [0.29, 0.717) is 49.9 Å². The highest BCUT2D eigenvalue weighted by atomic mass is 16.5. The summed E-state index contributed by atoms with van der Waals surface area (Å²) < 4.78 is 15.9. The molecule has 0 bridgehead atoms. The number of amides is 1. The predicted octanol–water partition coefficient (Wildman–Crippen LogP) is 3.57. The number of furan rings is 1. The van der Waals surface area contributed by atoms with Crippen molar-refractivity contribution in [3.8, 4) is 17.4 Å². The van der Waals surface area contributed by atoms with Gasteiger partial charge in [0.1, 0.15) is 23.2 Å². The van der Waals surface area contributed by atoms with E-state index in [-0.39, 0.29) is 11.5 Å². The van der Waals surface area contributed by atoms with Crippen molar-refractivity contribution in [2.45, 2.75) is 20.3 Å². The van der Waals surface area contributed by atoms with Gasteiger partial charge in [-0.2, -0.15) is 5.26 Å². The molecule has 0 radical (unpaired) electrons. The maximum atomic E-state index is 12.1. The normalized spacial score (nSPS) is 11.0. The van der Waals surface area contributed by atoms with Crippen LogP contribution in [0.5, 0.6) is 0 Å². The predicted molar refractivity (Wildman–Crippen MR) is 108 cm³/mol. The number of ether oxygens (including phenoxy) is 2. The first-order valence-corrected chi connectivity index (χ1v) is 9.44. The zero-order valence-electron chi connectivity index (χ0n) is 16.6. The second-order valence-corrected chi connectivity index (χ2v) is 5.98. The van der Waals surface area contributed by atoms with E-state index in [9.17, 15) is 14.9 Å². The number of carbonyl (C=O) groups is 2. The maximum absolute atomic E-state index is 12.1. The van der Waals surface area contributed by atoms with Crippen LogP contribution in [0.4, 0.5) is 0 Å². The van der Waals surface area contributed by atoms with Gasteiger partial charge in [-0.15, -0.1) is 0 Å². The average molecular weight is 396 g/mol. The van der Waals surface area contributed by atoms with E-state index < -0.39 is 5.91 Å². The molecule has 0 spiro atoms. The number of hydrogen-bond donors (Lipinski definition) is 1. The van der Waals surface area contributed by atoms with Gasteiger partial charge in [0.05, 0.1) is 12.2 Å². The van der Waals surface area contributed by atoms with Crippen LogP contribution in [0.1, 0.15) is 36.4 Å². The Kier molecular flexibility index (Phi) is 8.67. The molecule has 0 fully saturated rings. The number of carbonyl (C=O) groups excluding carboxylic acids is 2. The lowest BCUT2D eigenvalue weighted by atomic mass is 10.1. The van der Waals surface area contributed by atoms with Gasteiger partial charge in [0, 0.05) is 31.4 Å². The van der Waals surface area contributed by atoms with Crippen LogP contribution >= 0.6 is 0 Å². The summed E-state index contributed by atoms with van der Waals surface area (Å²) in [6, 6.07) is 12.1. The zero-order valence-corrected chi connectivity index (χ0v) is 16.6. The molecule has 2 aromatic rings. The third kappa shape index (κ3) is 6.63. The van der Waals surface area contributed by atoms with E-state index in [0.717, 1.165) is 5.56 Å². The SMILES string of the molecule is CCOCCCNC(=O)C(C#N)=Cc1ccc(-c2ccc(C(=O)OCC)cc2)o1. The van der Waals surface area contributed by atoms with Crippen molar-refractivity contribution in [2.75, 3.05) is 26.4 Å². The third-order valence-corrected chi connectivity index (χ3v) is 3.91. The van der Waals surface area contributed by atoms with Gasteiger partial charge in [0.25, 0.3) is 5.91 Å². The molecule has 2 rings (SSSR count). The van der Waals surface area contributed by atoms with Crippen LogP contribution in [0.3, 0.4) is 0 Å². The number of nitrogens with one attached hydrogen (secondary N) is 1. The van der Waals surface area contributed by atoms with Crippen LogP contribution in [0, 0.1) is 11.3 Å². The van der Waals surface area contributed by atoms with Gasteiger partial charge in [0.2, 0.25) is 0 Å². The first-order chi connectivity index (χ1) is 14.1. The van der Waals surface area contributed by atoms with E-state index in [1.54, 1.807) is 43.3 Å². The topological polar surface area (TPSA) is 102 Å². The minimum atomic E-state index is -0.458. The summed E-state index contributed by atoms with van der Waals surface area (Å²) in [4.78, 5) is 23.8. The minimum Gasteiger partial charge on any atom is -0.462 e. The fraction of sp³-hybridized carbons (Fsp3) is 0.318. The molecule has 0 unspecified atom stereocenters. The fourth-order valence-corrected chi connectivity index (χ4v) is 2.48. The maximum Gasteiger partial charge on any atom is 0.338 e. The quantitative estimate of drug-likeness (QED) is 0.285. The summed E-state index contributed by atoms with van der Waals surface area (Å²) in [5, 5.41) is 11.9. The number of rotatable bonds is 10. The van der Waals surface area contributed by atoms with Crippen LogP contribution in [0.15, 0.2) is 46.4 Å². The Bertz CT molecular complexity index is 891. The van der Waals surface area contributed by atoms with Crippen LogP contribution in [-0.2, 0) is 14.3 Å². The summed E-state index contributed by atoms with van der Waals surface area (Å²) in [5.74, 6) is 0.102. The summed E-state index contributed by atoms with van der Waals surface area (Å²) in [6.45, 7) is 5.58. The van der Waals surface area contributed by atoms with Crippen LogP contribution in [0.25, 0.3) is 17.4 Å². The molecule has 1 heterocycles.